The molecule has 0 radical (unpaired) electrons. The number of anilines is 1. The number of aryl methyl sites for hydroxylation is 2. The number of rotatable bonds is 4. The molecule has 1 rings (SSSR count). The van der Waals surface area contributed by atoms with E-state index in [0.29, 0.717) is 0 Å². The van der Waals surface area contributed by atoms with E-state index < -0.39 is 0 Å². The smallest absolute Gasteiger partial charge is 0.126 e. The van der Waals surface area contributed by atoms with Crippen molar-refractivity contribution in [3.63, 3.8) is 0 Å². The maximum Gasteiger partial charge on any atom is 0.126 e. The van der Waals surface area contributed by atoms with Crippen LogP contribution in [-0.4, -0.2) is 16.3 Å². The molecule has 0 aliphatic rings. The zero-order valence-electron chi connectivity index (χ0n) is 8.50. The van der Waals surface area contributed by atoms with Crippen LogP contribution in [0, 0.1) is 6.92 Å². The summed E-state index contributed by atoms with van der Waals surface area (Å²) in [5.74, 6) is 1.14. The SMILES string of the molecule is CCCCNc1c(C)cnn1C.Cl. The number of unbranched alkanes of at least 4 members (excludes halogenated alkanes) is 1. The van der Waals surface area contributed by atoms with Gasteiger partial charge in [0, 0.05) is 19.2 Å². The molecule has 0 saturated carbocycles. The molecule has 1 heterocycles. The number of nitrogens with zero attached hydrogens (tertiary/aromatic N) is 2. The average molecular weight is 204 g/mol. The topological polar surface area (TPSA) is 29.9 Å². The van der Waals surface area contributed by atoms with E-state index in [4.69, 9.17) is 0 Å². The monoisotopic (exact) mass is 203 g/mol. The minimum Gasteiger partial charge on any atom is -0.370 e. The Kier molecular flexibility index (Phi) is 5.55. The second-order valence-electron chi connectivity index (χ2n) is 3.08. The van der Waals surface area contributed by atoms with Crippen LogP contribution in [0.25, 0.3) is 0 Å². The van der Waals surface area contributed by atoms with Crippen molar-refractivity contribution in [1.29, 1.82) is 0 Å². The number of hydrogen-bond donors (Lipinski definition) is 1. The molecule has 3 nitrogen and oxygen atoms in total. The van der Waals surface area contributed by atoms with Crippen LogP contribution in [0.2, 0.25) is 0 Å². The standard InChI is InChI=1S/C9H17N3.ClH/c1-4-5-6-10-9-8(2)7-11-12(9)3;/h7,10H,4-6H2,1-3H3;1H. The van der Waals surface area contributed by atoms with E-state index in [0.717, 1.165) is 12.4 Å². The van der Waals surface area contributed by atoms with Gasteiger partial charge in [-0.2, -0.15) is 5.10 Å². The largest absolute Gasteiger partial charge is 0.370 e. The Bertz CT molecular complexity index is 226. The van der Waals surface area contributed by atoms with Gasteiger partial charge in [0.1, 0.15) is 5.82 Å². The van der Waals surface area contributed by atoms with Gasteiger partial charge in [0.05, 0.1) is 6.20 Å². The lowest BCUT2D eigenvalue weighted by Gasteiger charge is -2.06. The Hall–Kier alpha value is -0.700. The van der Waals surface area contributed by atoms with Crippen molar-refractivity contribution in [1.82, 2.24) is 9.78 Å². The van der Waals surface area contributed by atoms with Crippen molar-refractivity contribution in [2.45, 2.75) is 26.7 Å². The first-order valence-corrected chi connectivity index (χ1v) is 4.48. The summed E-state index contributed by atoms with van der Waals surface area (Å²) in [7, 11) is 1.96. The summed E-state index contributed by atoms with van der Waals surface area (Å²) in [6.45, 7) is 5.30. The Morgan fingerprint density at radius 3 is 2.69 bits per heavy atom. The van der Waals surface area contributed by atoms with E-state index in [1.54, 1.807) is 0 Å². The number of halogens is 1. The van der Waals surface area contributed by atoms with E-state index in [1.165, 1.54) is 18.4 Å². The Balaban J connectivity index is 0.00000144. The quantitative estimate of drug-likeness (QED) is 0.762. The molecule has 1 aromatic rings. The normalized spacial score (nSPS) is 9.46. The van der Waals surface area contributed by atoms with Crippen LogP contribution in [0.5, 0.6) is 0 Å². The van der Waals surface area contributed by atoms with Crippen LogP contribution in [0.4, 0.5) is 5.82 Å². The molecule has 76 valence electrons. The lowest BCUT2D eigenvalue weighted by Crippen LogP contribution is -2.06. The fourth-order valence-corrected chi connectivity index (χ4v) is 1.18. The highest BCUT2D eigenvalue weighted by molar-refractivity contribution is 5.85. The van der Waals surface area contributed by atoms with Gasteiger partial charge in [-0.05, 0) is 13.3 Å². The Morgan fingerprint density at radius 1 is 1.54 bits per heavy atom. The van der Waals surface area contributed by atoms with Gasteiger partial charge >= 0.3 is 0 Å². The fourth-order valence-electron chi connectivity index (χ4n) is 1.18. The molecule has 0 saturated heterocycles. The van der Waals surface area contributed by atoms with Gasteiger partial charge in [0.25, 0.3) is 0 Å². The van der Waals surface area contributed by atoms with E-state index >= 15 is 0 Å². The first-order chi connectivity index (χ1) is 5.75. The molecule has 0 aromatic carbocycles. The van der Waals surface area contributed by atoms with Gasteiger partial charge < -0.3 is 5.32 Å². The third kappa shape index (κ3) is 3.27. The van der Waals surface area contributed by atoms with Crippen molar-refractivity contribution < 1.29 is 0 Å². The van der Waals surface area contributed by atoms with Gasteiger partial charge in [-0.3, -0.25) is 4.68 Å². The zero-order chi connectivity index (χ0) is 8.97. The predicted molar refractivity (Wildman–Crippen MR) is 58.6 cm³/mol. The van der Waals surface area contributed by atoms with Gasteiger partial charge in [-0.15, -0.1) is 12.4 Å². The average Bonchev–Trinajstić information content (AvgIpc) is 2.35. The van der Waals surface area contributed by atoms with Crippen LogP contribution in [0.3, 0.4) is 0 Å². The van der Waals surface area contributed by atoms with Crippen LogP contribution in [0.1, 0.15) is 25.3 Å². The Morgan fingerprint density at radius 2 is 2.23 bits per heavy atom. The van der Waals surface area contributed by atoms with Crippen molar-refractivity contribution in [2.75, 3.05) is 11.9 Å². The van der Waals surface area contributed by atoms with Crippen LogP contribution in [0.15, 0.2) is 6.20 Å². The molecular formula is C9H18ClN3. The highest BCUT2D eigenvalue weighted by Crippen LogP contribution is 2.11. The predicted octanol–water partition coefficient (Wildman–Crippen LogP) is 2.36. The maximum atomic E-state index is 4.15. The number of hydrogen-bond acceptors (Lipinski definition) is 2. The molecule has 0 atom stereocenters. The molecule has 4 heteroatoms. The second-order valence-corrected chi connectivity index (χ2v) is 3.08. The minimum atomic E-state index is 0. The summed E-state index contributed by atoms with van der Waals surface area (Å²) < 4.78 is 1.88. The summed E-state index contributed by atoms with van der Waals surface area (Å²) in [5, 5.41) is 7.51. The van der Waals surface area contributed by atoms with E-state index in [9.17, 15) is 0 Å². The lowest BCUT2D eigenvalue weighted by molar-refractivity contribution is 0.756. The van der Waals surface area contributed by atoms with Crippen molar-refractivity contribution in [3.05, 3.63) is 11.8 Å². The Labute approximate surface area is 85.9 Å². The molecule has 0 aliphatic heterocycles. The van der Waals surface area contributed by atoms with Crippen molar-refractivity contribution >= 4 is 18.2 Å². The summed E-state index contributed by atoms with van der Waals surface area (Å²) >= 11 is 0. The van der Waals surface area contributed by atoms with E-state index in [2.05, 4.69) is 24.3 Å². The zero-order valence-corrected chi connectivity index (χ0v) is 9.32. The van der Waals surface area contributed by atoms with E-state index in [1.807, 2.05) is 17.9 Å². The molecule has 0 amide bonds. The first-order valence-electron chi connectivity index (χ1n) is 4.48. The third-order valence-electron chi connectivity index (χ3n) is 1.94. The van der Waals surface area contributed by atoms with Gasteiger partial charge in [-0.25, -0.2) is 0 Å². The molecule has 1 N–H and O–H groups in total. The van der Waals surface area contributed by atoms with Crippen LogP contribution >= 0.6 is 12.4 Å². The molecule has 0 fully saturated rings. The third-order valence-corrected chi connectivity index (χ3v) is 1.94. The molecule has 1 aromatic heterocycles. The first kappa shape index (κ1) is 12.3. The highest BCUT2D eigenvalue weighted by Gasteiger charge is 2.01. The fraction of sp³-hybridized carbons (Fsp3) is 0.667. The lowest BCUT2D eigenvalue weighted by atomic mass is 10.3. The summed E-state index contributed by atoms with van der Waals surface area (Å²) in [6, 6.07) is 0. The van der Waals surface area contributed by atoms with Crippen molar-refractivity contribution in [3.8, 4) is 0 Å². The summed E-state index contributed by atoms with van der Waals surface area (Å²) in [5.41, 5.74) is 1.22. The summed E-state index contributed by atoms with van der Waals surface area (Å²) in [6.07, 6.45) is 4.32. The summed E-state index contributed by atoms with van der Waals surface area (Å²) in [4.78, 5) is 0. The van der Waals surface area contributed by atoms with Crippen molar-refractivity contribution in [2.24, 2.45) is 7.05 Å². The van der Waals surface area contributed by atoms with E-state index in [-0.39, 0.29) is 12.4 Å². The second kappa shape index (κ2) is 5.86. The van der Waals surface area contributed by atoms with Crippen LogP contribution < -0.4 is 5.32 Å². The maximum absolute atomic E-state index is 4.15. The molecule has 13 heavy (non-hydrogen) atoms. The minimum absolute atomic E-state index is 0. The molecule has 0 unspecified atom stereocenters. The molecule has 0 aliphatic carbocycles. The number of nitrogens with one attached hydrogen (secondary N) is 1. The van der Waals surface area contributed by atoms with Gasteiger partial charge in [0.15, 0.2) is 0 Å². The molecular weight excluding hydrogens is 186 g/mol. The highest BCUT2D eigenvalue weighted by atomic mass is 35.5. The van der Waals surface area contributed by atoms with Gasteiger partial charge in [-0.1, -0.05) is 13.3 Å². The molecule has 0 bridgehead atoms. The number of aromatic nitrogens is 2. The molecule has 0 spiro atoms. The van der Waals surface area contributed by atoms with Crippen LogP contribution in [-0.2, 0) is 7.05 Å². The van der Waals surface area contributed by atoms with Gasteiger partial charge in [0.2, 0.25) is 0 Å².